The average molecular weight is 312 g/mol. The fourth-order valence-corrected chi connectivity index (χ4v) is 2.68. The van der Waals surface area contributed by atoms with Crippen molar-refractivity contribution in [3.05, 3.63) is 54.2 Å². The number of nitrogens with zero attached hydrogens (tertiary/aromatic N) is 2. The Morgan fingerprint density at radius 3 is 2.52 bits per heavy atom. The molecule has 1 aromatic heterocycles. The summed E-state index contributed by atoms with van der Waals surface area (Å²) in [7, 11) is 0. The molecule has 0 aliphatic carbocycles. The lowest BCUT2D eigenvalue weighted by Crippen LogP contribution is -2.39. The van der Waals surface area contributed by atoms with Gasteiger partial charge >= 0.3 is 0 Å². The van der Waals surface area contributed by atoms with E-state index >= 15 is 0 Å². The predicted octanol–water partition coefficient (Wildman–Crippen LogP) is 2.72. The molecule has 0 radical (unpaired) electrons. The number of rotatable bonds is 4. The molecule has 2 heterocycles. The molecule has 5 heteroatoms. The van der Waals surface area contributed by atoms with Crippen molar-refractivity contribution in [1.82, 2.24) is 9.88 Å². The fraction of sp³-hybridized carbons (Fsp3) is 0.333. The standard InChI is InChI=1S/C18H20N2O3/c21-13-14-8-10-20(11-9-14)18(22)15-6-7-17(19-12-15)23-16-4-2-1-3-5-16/h1-7,12,14,21H,8-11,13H2. The average Bonchev–Trinajstić information content (AvgIpc) is 2.63. The summed E-state index contributed by atoms with van der Waals surface area (Å²) in [6, 6.07) is 12.9. The maximum atomic E-state index is 12.4. The highest BCUT2D eigenvalue weighted by atomic mass is 16.5. The van der Waals surface area contributed by atoms with E-state index in [1.807, 2.05) is 35.2 Å². The number of carbonyl (C=O) groups excluding carboxylic acids is 1. The zero-order valence-corrected chi connectivity index (χ0v) is 12.9. The van der Waals surface area contributed by atoms with Crippen molar-refractivity contribution < 1.29 is 14.6 Å². The van der Waals surface area contributed by atoms with E-state index in [4.69, 9.17) is 9.84 Å². The van der Waals surface area contributed by atoms with Gasteiger partial charge in [-0.1, -0.05) is 18.2 Å². The second-order valence-electron chi connectivity index (χ2n) is 5.72. The molecule has 1 aliphatic rings. The van der Waals surface area contributed by atoms with E-state index in [0.717, 1.165) is 12.8 Å². The molecule has 23 heavy (non-hydrogen) atoms. The number of likely N-dealkylation sites (tertiary alicyclic amines) is 1. The number of carbonyl (C=O) groups is 1. The summed E-state index contributed by atoms with van der Waals surface area (Å²) < 4.78 is 5.62. The van der Waals surface area contributed by atoms with Gasteiger partial charge in [-0.2, -0.15) is 0 Å². The second-order valence-corrected chi connectivity index (χ2v) is 5.72. The number of aromatic nitrogens is 1. The van der Waals surface area contributed by atoms with Gasteiger partial charge in [0, 0.05) is 32.0 Å². The Bertz CT molecular complexity index is 635. The molecular formula is C18H20N2O3. The molecule has 1 saturated heterocycles. The van der Waals surface area contributed by atoms with E-state index in [1.165, 1.54) is 0 Å². The first kappa shape index (κ1) is 15.5. The first-order valence-corrected chi connectivity index (χ1v) is 7.85. The first-order valence-electron chi connectivity index (χ1n) is 7.85. The monoisotopic (exact) mass is 312 g/mol. The minimum Gasteiger partial charge on any atom is -0.439 e. The predicted molar refractivity (Wildman–Crippen MR) is 86.5 cm³/mol. The van der Waals surface area contributed by atoms with Crippen LogP contribution in [0.15, 0.2) is 48.7 Å². The van der Waals surface area contributed by atoms with E-state index in [-0.39, 0.29) is 12.5 Å². The quantitative estimate of drug-likeness (QED) is 0.943. The summed E-state index contributed by atoms with van der Waals surface area (Å²) >= 11 is 0. The zero-order chi connectivity index (χ0) is 16.1. The number of pyridine rings is 1. The van der Waals surface area contributed by atoms with Crippen LogP contribution in [-0.4, -0.2) is 40.6 Å². The molecule has 0 unspecified atom stereocenters. The molecule has 120 valence electrons. The normalized spacial score (nSPS) is 15.4. The first-order chi connectivity index (χ1) is 11.3. The topological polar surface area (TPSA) is 62.7 Å². The Morgan fingerprint density at radius 2 is 1.91 bits per heavy atom. The van der Waals surface area contributed by atoms with Crippen LogP contribution >= 0.6 is 0 Å². The van der Waals surface area contributed by atoms with Crippen LogP contribution in [-0.2, 0) is 0 Å². The van der Waals surface area contributed by atoms with Crippen LogP contribution < -0.4 is 4.74 Å². The van der Waals surface area contributed by atoms with Crippen LogP contribution in [0.4, 0.5) is 0 Å². The van der Waals surface area contributed by atoms with Crippen molar-refractivity contribution >= 4 is 5.91 Å². The highest BCUT2D eigenvalue weighted by Crippen LogP contribution is 2.21. The molecule has 1 fully saturated rings. The van der Waals surface area contributed by atoms with E-state index in [0.29, 0.717) is 36.2 Å². The number of benzene rings is 1. The van der Waals surface area contributed by atoms with Gasteiger partial charge in [-0.15, -0.1) is 0 Å². The third-order valence-electron chi connectivity index (χ3n) is 4.11. The van der Waals surface area contributed by atoms with Crippen LogP contribution in [0.5, 0.6) is 11.6 Å². The van der Waals surface area contributed by atoms with Crippen LogP contribution in [0.3, 0.4) is 0 Å². The van der Waals surface area contributed by atoms with Crippen molar-refractivity contribution in [2.24, 2.45) is 5.92 Å². The molecule has 2 aromatic rings. The zero-order valence-electron chi connectivity index (χ0n) is 12.9. The van der Waals surface area contributed by atoms with Gasteiger partial charge in [0.25, 0.3) is 5.91 Å². The summed E-state index contributed by atoms with van der Waals surface area (Å²) in [5.74, 6) is 1.48. The van der Waals surface area contributed by atoms with E-state index in [1.54, 1.807) is 18.3 Å². The second kappa shape index (κ2) is 7.24. The molecule has 0 bridgehead atoms. The van der Waals surface area contributed by atoms with Crippen LogP contribution in [0.25, 0.3) is 0 Å². The molecule has 1 aliphatic heterocycles. The highest BCUT2D eigenvalue weighted by Gasteiger charge is 2.23. The van der Waals surface area contributed by atoms with Gasteiger partial charge in [0.1, 0.15) is 5.75 Å². The molecular weight excluding hydrogens is 292 g/mol. The lowest BCUT2D eigenvalue weighted by molar-refractivity contribution is 0.0650. The van der Waals surface area contributed by atoms with Crippen molar-refractivity contribution in [1.29, 1.82) is 0 Å². The Kier molecular flexibility index (Phi) is 4.88. The fourth-order valence-electron chi connectivity index (χ4n) is 2.68. The summed E-state index contributed by atoms with van der Waals surface area (Å²) in [5.41, 5.74) is 0.563. The Balaban J connectivity index is 1.62. The van der Waals surface area contributed by atoms with E-state index in [9.17, 15) is 4.79 Å². The Labute approximate surface area is 135 Å². The number of aliphatic hydroxyl groups is 1. The van der Waals surface area contributed by atoms with Gasteiger partial charge < -0.3 is 14.7 Å². The lowest BCUT2D eigenvalue weighted by Gasteiger charge is -2.31. The maximum Gasteiger partial charge on any atom is 0.255 e. The summed E-state index contributed by atoms with van der Waals surface area (Å²) in [6.45, 7) is 1.58. The molecule has 1 N–H and O–H groups in total. The number of para-hydroxylation sites is 1. The minimum atomic E-state index is -0.0137. The molecule has 0 saturated carbocycles. The number of amides is 1. The molecule has 5 nitrogen and oxygen atoms in total. The summed E-state index contributed by atoms with van der Waals surface area (Å²) in [4.78, 5) is 18.5. The van der Waals surface area contributed by atoms with Gasteiger partial charge in [-0.3, -0.25) is 4.79 Å². The van der Waals surface area contributed by atoms with Crippen molar-refractivity contribution in [2.75, 3.05) is 19.7 Å². The molecule has 3 rings (SSSR count). The number of ether oxygens (including phenoxy) is 1. The Hall–Kier alpha value is -2.40. The van der Waals surface area contributed by atoms with Gasteiger partial charge in [0.05, 0.1) is 5.56 Å². The van der Waals surface area contributed by atoms with Crippen molar-refractivity contribution in [2.45, 2.75) is 12.8 Å². The number of piperidine rings is 1. The molecule has 1 aromatic carbocycles. The minimum absolute atomic E-state index is 0.0137. The summed E-state index contributed by atoms with van der Waals surface area (Å²) in [6.07, 6.45) is 3.26. The largest absolute Gasteiger partial charge is 0.439 e. The third-order valence-corrected chi connectivity index (χ3v) is 4.11. The van der Waals surface area contributed by atoms with Crippen molar-refractivity contribution in [3.63, 3.8) is 0 Å². The highest BCUT2D eigenvalue weighted by molar-refractivity contribution is 5.94. The van der Waals surface area contributed by atoms with E-state index in [2.05, 4.69) is 4.98 Å². The third kappa shape index (κ3) is 3.87. The SMILES string of the molecule is O=C(c1ccc(Oc2ccccc2)nc1)N1CCC(CO)CC1. The maximum absolute atomic E-state index is 12.4. The number of hydrogen-bond acceptors (Lipinski definition) is 4. The molecule has 0 atom stereocenters. The number of hydrogen-bond donors (Lipinski definition) is 1. The smallest absolute Gasteiger partial charge is 0.255 e. The van der Waals surface area contributed by atoms with Gasteiger partial charge in [0.15, 0.2) is 0 Å². The Morgan fingerprint density at radius 1 is 1.17 bits per heavy atom. The van der Waals surface area contributed by atoms with Gasteiger partial charge in [-0.05, 0) is 37.0 Å². The van der Waals surface area contributed by atoms with E-state index < -0.39 is 0 Å². The van der Waals surface area contributed by atoms with Gasteiger partial charge in [-0.25, -0.2) is 4.98 Å². The van der Waals surface area contributed by atoms with Crippen LogP contribution in [0.2, 0.25) is 0 Å². The molecule has 0 spiro atoms. The van der Waals surface area contributed by atoms with Crippen LogP contribution in [0.1, 0.15) is 23.2 Å². The molecule has 1 amide bonds. The van der Waals surface area contributed by atoms with Crippen LogP contribution in [0, 0.1) is 5.92 Å². The summed E-state index contributed by atoms with van der Waals surface area (Å²) in [5, 5.41) is 9.16. The van der Waals surface area contributed by atoms with Gasteiger partial charge in [0.2, 0.25) is 5.88 Å². The number of aliphatic hydroxyl groups excluding tert-OH is 1. The lowest BCUT2D eigenvalue weighted by atomic mass is 9.97. The van der Waals surface area contributed by atoms with Crippen molar-refractivity contribution in [3.8, 4) is 11.6 Å².